The maximum Gasteiger partial charge on any atom is 0.282 e. The first-order valence-corrected chi connectivity index (χ1v) is 13.0. The van der Waals surface area contributed by atoms with E-state index in [1.54, 1.807) is 42.6 Å². The Labute approximate surface area is 225 Å². The van der Waals surface area contributed by atoms with Crippen LogP contribution >= 0.6 is 31.9 Å². The number of ether oxygens (including phenoxy) is 2. The molecule has 0 bridgehead atoms. The van der Waals surface area contributed by atoms with Crippen LogP contribution < -0.4 is 15.0 Å². The van der Waals surface area contributed by atoms with Gasteiger partial charge in [0.05, 0.1) is 23.7 Å². The van der Waals surface area contributed by atoms with Crippen LogP contribution in [0.25, 0.3) is 10.9 Å². The van der Waals surface area contributed by atoms with Crippen LogP contribution in [-0.4, -0.2) is 22.5 Å². The number of hydrogen-bond acceptors (Lipinski definition) is 5. The number of aromatic nitrogens is 2. The predicted octanol–water partition coefficient (Wildman–Crippen LogP) is 7.04. The minimum Gasteiger partial charge on any atom is -0.490 e. The van der Waals surface area contributed by atoms with Gasteiger partial charge < -0.3 is 9.47 Å². The van der Waals surface area contributed by atoms with Gasteiger partial charge in [-0.15, -0.1) is 0 Å². The van der Waals surface area contributed by atoms with Gasteiger partial charge in [0.25, 0.3) is 5.56 Å². The number of fused-ring (bicyclic) bond motifs is 1. The second-order valence-corrected chi connectivity index (χ2v) is 10.1. The van der Waals surface area contributed by atoms with Gasteiger partial charge in [0.15, 0.2) is 11.5 Å². The Morgan fingerprint density at radius 3 is 2.56 bits per heavy atom. The van der Waals surface area contributed by atoms with Crippen LogP contribution in [0.3, 0.4) is 0 Å². The molecule has 36 heavy (non-hydrogen) atoms. The fraction of sp³-hybridized carbons (Fsp3) is 0.222. The molecule has 0 unspecified atom stereocenters. The highest BCUT2D eigenvalue weighted by Crippen LogP contribution is 2.34. The molecule has 1 heterocycles. The third kappa shape index (κ3) is 5.68. The second kappa shape index (κ2) is 11.3. The minimum absolute atomic E-state index is 0.0283. The molecule has 9 heteroatoms. The highest BCUT2D eigenvalue weighted by atomic mass is 79.9. The van der Waals surface area contributed by atoms with Gasteiger partial charge in [-0.25, -0.2) is 9.37 Å². The lowest BCUT2D eigenvalue weighted by Gasteiger charge is -2.15. The standard InChI is InChI=1S/C27H24Br2FN3O3/c1-4-35-24-11-18(21(29)13-25(24)36-15-17-7-5-6-8-22(17)30)14-31-33-26(16(2)3)32-23-10-9-19(28)12-20(23)27(33)34/h5-14,16H,4,15H2,1-3H3. The van der Waals surface area contributed by atoms with Gasteiger partial charge in [-0.1, -0.05) is 48.0 Å². The molecule has 0 aliphatic rings. The van der Waals surface area contributed by atoms with Crippen LogP contribution in [0.5, 0.6) is 11.5 Å². The number of rotatable bonds is 8. The molecule has 1 aromatic heterocycles. The first-order valence-electron chi connectivity index (χ1n) is 11.4. The summed E-state index contributed by atoms with van der Waals surface area (Å²) in [4.78, 5) is 18.0. The smallest absolute Gasteiger partial charge is 0.282 e. The van der Waals surface area contributed by atoms with E-state index in [9.17, 15) is 9.18 Å². The molecule has 0 fully saturated rings. The predicted molar refractivity (Wildman–Crippen MR) is 147 cm³/mol. The zero-order valence-corrected chi connectivity index (χ0v) is 23.1. The van der Waals surface area contributed by atoms with E-state index < -0.39 is 0 Å². The van der Waals surface area contributed by atoms with E-state index in [0.29, 0.717) is 50.4 Å². The summed E-state index contributed by atoms with van der Waals surface area (Å²) in [5.74, 6) is 1.13. The maximum absolute atomic E-state index is 14.0. The number of nitrogens with zero attached hydrogens (tertiary/aromatic N) is 3. The van der Waals surface area contributed by atoms with Gasteiger partial charge in [-0.2, -0.15) is 9.78 Å². The molecular weight excluding hydrogens is 593 g/mol. The minimum atomic E-state index is -0.333. The lowest BCUT2D eigenvalue weighted by molar-refractivity contribution is 0.265. The van der Waals surface area contributed by atoms with Crippen molar-refractivity contribution >= 4 is 49.0 Å². The Hall–Kier alpha value is -3.04. The molecule has 0 saturated heterocycles. The molecule has 0 amide bonds. The Balaban J connectivity index is 1.71. The molecule has 0 radical (unpaired) electrons. The zero-order chi connectivity index (χ0) is 25.8. The van der Waals surface area contributed by atoms with Crippen LogP contribution in [0.15, 0.2) is 73.4 Å². The summed E-state index contributed by atoms with van der Waals surface area (Å²) in [6, 6.07) is 15.4. The van der Waals surface area contributed by atoms with Crippen LogP contribution in [0.4, 0.5) is 4.39 Å². The van der Waals surface area contributed by atoms with Gasteiger partial charge >= 0.3 is 0 Å². The van der Waals surface area contributed by atoms with Gasteiger partial charge in [0.2, 0.25) is 0 Å². The fourth-order valence-corrected chi connectivity index (χ4v) is 4.36. The van der Waals surface area contributed by atoms with E-state index in [1.165, 1.54) is 10.7 Å². The molecule has 0 aliphatic heterocycles. The van der Waals surface area contributed by atoms with Crippen molar-refractivity contribution in [2.75, 3.05) is 6.61 Å². The summed E-state index contributed by atoms with van der Waals surface area (Å²) in [7, 11) is 0. The van der Waals surface area contributed by atoms with Crippen LogP contribution in [0, 0.1) is 5.82 Å². The molecule has 0 N–H and O–H groups in total. The molecule has 4 rings (SSSR count). The van der Waals surface area contributed by atoms with Crippen molar-refractivity contribution in [3.05, 3.63) is 96.7 Å². The zero-order valence-electron chi connectivity index (χ0n) is 20.0. The summed E-state index contributed by atoms with van der Waals surface area (Å²) in [6.07, 6.45) is 1.58. The number of hydrogen-bond donors (Lipinski definition) is 0. The Bertz CT molecular complexity index is 1500. The Kier molecular flexibility index (Phi) is 8.21. The third-order valence-corrected chi connectivity index (χ3v) is 6.55. The topological polar surface area (TPSA) is 65.7 Å². The largest absolute Gasteiger partial charge is 0.490 e. The molecule has 0 atom stereocenters. The quantitative estimate of drug-likeness (QED) is 0.199. The van der Waals surface area contributed by atoms with E-state index in [2.05, 4.69) is 41.9 Å². The van der Waals surface area contributed by atoms with Crippen molar-refractivity contribution < 1.29 is 13.9 Å². The number of halogens is 3. The normalized spacial score (nSPS) is 11.5. The highest BCUT2D eigenvalue weighted by molar-refractivity contribution is 9.10. The number of benzene rings is 3. The van der Waals surface area contributed by atoms with Crippen molar-refractivity contribution in [3.63, 3.8) is 0 Å². The van der Waals surface area contributed by atoms with Crippen molar-refractivity contribution in [2.24, 2.45) is 5.10 Å². The third-order valence-electron chi connectivity index (χ3n) is 5.37. The van der Waals surface area contributed by atoms with Gasteiger partial charge in [-0.3, -0.25) is 4.79 Å². The van der Waals surface area contributed by atoms with E-state index >= 15 is 0 Å². The maximum atomic E-state index is 14.0. The average molecular weight is 617 g/mol. The summed E-state index contributed by atoms with van der Waals surface area (Å²) in [6.45, 7) is 6.25. The molecule has 6 nitrogen and oxygen atoms in total. The van der Waals surface area contributed by atoms with Crippen LogP contribution in [0.1, 0.15) is 43.6 Å². The van der Waals surface area contributed by atoms with Gasteiger partial charge in [-0.05, 0) is 59.3 Å². The van der Waals surface area contributed by atoms with Gasteiger partial charge in [0, 0.05) is 26.0 Å². The summed E-state index contributed by atoms with van der Waals surface area (Å²) in [5, 5.41) is 4.97. The molecule has 3 aromatic carbocycles. The average Bonchev–Trinajstić information content (AvgIpc) is 2.85. The van der Waals surface area contributed by atoms with E-state index in [4.69, 9.17) is 9.47 Å². The molecule has 4 aromatic rings. The lowest BCUT2D eigenvalue weighted by atomic mass is 10.2. The van der Waals surface area contributed by atoms with E-state index in [0.717, 1.165) is 4.47 Å². The van der Waals surface area contributed by atoms with Crippen LogP contribution in [-0.2, 0) is 6.61 Å². The molecular formula is C27H24Br2FN3O3. The Morgan fingerprint density at radius 2 is 1.83 bits per heavy atom. The summed E-state index contributed by atoms with van der Waals surface area (Å²) in [5.41, 5.74) is 1.48. The second-order valence-electron chi connectivity index (χ2n) is 8.28. The van der Waals surface area contributed by atoms with Gasteiger partial charge in [0.1, 0.15) is 18.2 Å². The summed E-state index contributed by atoms with van der Waals surface area (Å²) >= 11 is 6.97. The van der Waals surface area contributed by atoms with E-state index in [1.807, 2.05) is 32.9 Å². The molecule has 186 valence electrons. The van der Waals surface area contributed by atoms with Crippen molar-refractivity contribution in [2.45, 2.75) is 33.3 Å². The van der Waals surface area contributed by atoms with Crippen molar-refractivity contribution in [3.8, 4) is 11.5 Å². The first-order chi connectivity index (χ1) is 17.3. The molecule has 0 spiro atoms. The van der Waals surface area contributed by atoms with Crippen LogP contribution in [0.2, 0.25) is 0 Å². The highest BCUT2D eigenvalue weighted by Gasteiger charge is 2.15. The molecule has 0 saturated carbocycles. The van der Waals surface area contributed by atoms with Crippen molar-refractivity contribution in [1.82, 2.24) is 9.66 Å². The monoisotopic (exact) mass is 615 g/mol. The SMILES string of the molecule is CCOc1cc(C=Nn2c(C(C)C)nc3ccc(Br)cc3c2=O)c(Br)cc1OCc1ccccc1F. The van der Waals surface area contributed by atoms with Crippen molar-refractivity contribution in [1.29, 1.82) is 0 Å². The summed E-state index contributed by atoms with van der Waals surface area (Å²) < 4.78 is 28.5. The Morgan fingerprint density at radius 1 is 1.08 bits per heavy atom. The molecule has 0 aliphatic carbocycles. The van der Waals surface area contributed by atoms with E-state index in [-0.39, 0.29) is 23.9 Å². The lowest BCUT2D eigenvalue weighted by Crippen LogP contribution is -2.23. The first kappa shape index (κ1) is 26.0. The fourth-order valence-electron chi connectivity index (χ4n) is 3.57.